The van der Waals surface area contributed by atoms with Crippen molar-refractivity contribution in [2.75, 3.05) is 20.0 Å². The fourth-order valence-electron chi connectivity index (χ4n) is 2.20. The minimum Gasteiger partial charge on any atom is -0.497 e. The lowest BCUT2D eigenvalue weighted by Gasteiger charge is -2.12. The summed E-state index contributed by atoms with van der Waals surface area (Å²) in [5.74, 6) is 0.877. The molecule has 0 amide bonds. The Balaban J connectivity index is 2.03. The molecular formula is C17H20O5S. The molecule has 0 saturated carbocycles. The highest BCUT2D eigenvalue weighted by Gasteiger charge is 2.19. The van der Waals surface area contributed by atoms with Gasteiger partial charge in [0.1, 0.15) is 11.5 Å². The van der Waals surface area contributed by atoms with Gasteiger partial charge >= 0.3 is 0 Å². The van der Waals surface area contributed by atoms with E-state index in [1.807, 2.05) is 0 Å². The molecule has 0 aromatic heterocycles. The van der Waals surface area contributed by atoms with Crippen LogP contribution in [0.4, 0.5) is 0 Å². The summed E-state index contributed by atoms with van der Waals surface area (Å²) in [6.45, 7) is 0. The minimum absolute atomic E-state index is 0.121. The van der Waals surface area contributed by atoms with Crippen LogP contribution < -0.4 is 9.47 Å². The number of sulfone groups is 1. The van der Waals surface area contributed by atoms with Gasteiger partial charge in [-0.25, -0.2) is 8.42 Å². The van der Waals surface area contributed by atoms with Crippen molar-refractivity contribution >= 4 is 9.84 Å². The zero-order valence-corrected chi connectivity index (χ0v) is 13.9. The van der Waals surface area contributed by atoms with E-state index >= 15 is 0 Å². The second-order valence-corrected chi connectivity index (χ2v) is 7.30. The van der Waals surface area contributed by atoms with Crippen LogP contribution in [0.5, 0.6) is 11.5 Å². The summed E-state index contributed by atoms with van der Waals surface area (Å²) >= 11 is 0. The molecule has 1 unspecified atom stereocenters. The van der Waals surface area contributed by atoms with Gasteiger partial charge < -0.3 is 14.6 Å². The first-order valence-electron chi connectivity index (χ1n) is 7.09. The third kappa shape index (κ3) is 4.97. The summed E-state index contributed by atoms with van der Waals surface area (Å²) in [4.78, 5) is 0. The van der Waals surface area contributed by atoms with Gasteiger partial charge in [0.15, 0.2) is 9.84 Å². The van der Waals surface area contributed by atoms with Crippen molar-refractivity contribution in [3.8, 4) is 11.5 Å². The van der Waals surface area contributed by atoms with Crippen LogP contribution >= 0.6 is 0 Å². The zero-order chi connectivity index (χ0) is 16.9. The van der Waals surface area contributed by atoms with Crippen LogP contribution in [0.2, 0.25) is 0 Å². The molecule has 0 radical (unpaired) electrons. The largest absolute Gasteiger partial charge is 0.497 e. The molecule has 23 heavy (non-hydrogen) atoms. The maximum atomic E-state index is 12.2. The van der Waals surface area contributed by atoms with Crippen LogP contribution in [0.3, 0.4) is 0 Å². The lowest BCUT2D eigenvalue weighted by atomic mass is 10.1. The molecule has 2 aromatic carbocycles. The Morgan fingerprint density at radius 3 is 1.87 bits per heavy atom. The van der Waals surface area contributed by atoms with Crippen molar-refractivity contribution in [1.82, 2.24) is 0 Å². The molecule has 0 aliphatic heterocycles. The molecule has 0 saturated heterocycles. The maximum absolute atomic E-state index is 12.2. The van der Waals surface area contributed by atoms with Crippen molar-refractivity contribution in [1.29, 1.82) is 0 Å². The molecule has 0 heterocycles. The molecule has 0 spiro atoms. The summed E-state index contributed by atoms with van der Waals surface area (Å²) in [7, 11) is -0.340. The lowest BCUT2D eigenvalue weighted by Crippen LogP contribution is -2.16. The summed E-state index contributed by atoms with van der Waals surface area (Å²) < 4.78 is 34.6. The number of rotatable bonds is 7. The fourth-order valence-corrected chi connectivity index (χ4v) is 3.69. The third-order valence-corrected chi connectivity index (χ3v) is 5.05. The van der Waals surface area contributed by atoms with Gasteiger partial charge in [0.25, 0.3) is 0 Å². The minimum atomic E-state index is -3.44. The van der Waals surface area contributed by atoms with Gasteiger partial charge in [0.05, 0.1) is 31.8 Å². The van der Waals surface area contributed by atoms with Crippen LogP contribution in [0.1, 0.15) is 17.2 Å². The van der Waals surface area contributed by atoms with Crippen LogP contribution in [-0.2, 0) is 15.6 Å². The Hall–Kier alpha value is -2.05. The Labute approximate surface area is 136 Å². The van der Waals surface area contributed by atoms with E-state index in [2.05, 4.69) is 0 Å². The van der Waals surface area contributed by atoms with Crippen LogP contribution in [0.15, 0.2) is 48.5 Å². The normalized spacial score (nSPS) is 12.7. The predicted molar refractivity (Wildman–Crippen MR) is 88.4 cm³/mol. The van der Waals surface area contributed by atoms with E-state index in [4.69, 9.17) is 9.47 Å². The fraction of sp³-hybridized carbons (Fsp3) is 0.294. The Bertz CT molecular complexity index is 721. The third-order valence-electron chi connectivity index (χ3n) is 3.46. The zero-order valence-electron chi connectivity index (χ0n) is 13.1. The van der Waals surface area contributed by atoms with E-state index < -0.39 is 15.9 Å². The topological polar surface area (TPSA) is 72.8 Å². The first kappa shape index (κ1) is 17.3. The standard InChI is InChI=1S/C17H20O5S/c1-21-15-7-3-13(4-8-15)11-23(19,20)12-17(18)14-5-9-16(22-2)10-6-14/h3-10,17-18H,11-12H2,1-2H3. The van der Waals surface area contributed by atoms with E-state index in [0.29, 0.717) is 22.6 Å². The molecule has 0 aliphatic carbocycles. The average molecular weight is 336 g/mol. The van der Waals surface area contributed by atoms with Crippen molar-refractivity contribution in [2.24, 2.45) is 0 Å². The number of aliphatic hydroxyl groups excluding tert-OH is 1. The smallest absolute Gasteiger partial charge is 0.157 e. The second-order valence-electron chi connectivity index (χ2n) is 5.19. The Morgan fingerprint density at radius 2 is 1.39 bits per heavy atom. The van der Waals surface area contributed by atoms with Crippen molar-refractivity contribution in [2.45, 2.75) is 11.9 Å². The highest BCUT2D eigenvalue weighted by atomic mass is 32.2. The summed E-state index contributed by atoms with van der Waals surface area (Å²) in [5, 5.41) is 10.1. The predicted octanol–water partition coefficient (Wildman–Crippen LogP) is 2.35. The number of hydrogen-bond donors (Lipinski definition) is 1. The maximum Gasteiger partial charge on any atom is 0.157 e. The van der Waals surface area contributed by atoms with E-state index in [1.54, 1.807) is 62.8 Å². The molecule has 2 rings (SSSR count). The highest BCUT2D eigenvalue weighted by molar-refractivity contribution is 7.90. The van der Waals surface area contributed by atoms with Crippen molar-refractivity contribution in [3.63, 3.8) is 0 Å². The monoisotopic (exact) mass is 336 g/mol. The molecule has 0 bridgehead atoms. The molecule has 6 heteroatoms. The van der Waals surface area contributed by atoms with Gasteiger partial charge in [-0.15, -0.1) is 0 Å². The molecular weight excluding hydrogens is 316 g/mol. The summed E-state index contributed by atoms with van der Waals surface area (Å²) in [6, 6.07) is 13.5. The number of ether oxygens (including phenoxy) is 2. The van der Waals surface area contributed by atoms with Crippen LogP contribution in [-0.4, -0.2) is 33.5 Å². The van der Waals surface area contributed by atoms with E-state index in [0.717, 1.165) is 0 Å². The highest BCUT2D eigenvalue weighted by Crippen LogP contribution is 2.21. The summed E-state index contributed by atoms with van der Waals surface area (Å²) in [6.07, 6.45) is -1.07. The number of benzene rings is 2. The van der Waals surface area contributed by atoms with Gasteiger partial charge in [0, 0.05) is 0 Å². The van der Waals surface area contributed by atoms with Crippen LogP contribution in [0, 0.1) is 0 Å². The summed E-state index contributed by atoms with van der Waals surface area (Å²) in [5.41, 5.74) is 1.21. The van der Waals surface area contributed by atoms with Gasteiger partial charge in [0.2, 0.25) is 0 Å². The Kier molecular flexibility index (Phi) is 5.63. The van der Waals surface area contributed by atoms with E-state index in [9.17, 15) is 13.5 Å². The molecule has 0 fully saturated rings. The van der Waals surface area contributed by atoms with E-state index in [-0.39, 0.29) is 11.5 Å². The lowest BCUT2D eigenvalue weighted by molar-refractivity contribution is 0.201. The number of hydrogen-bond acceptors (Lipinski definition) is 5. The van der Waals surface area contributed by atoms with Gasteiger partial charge in [-0.3, -0.25) is 0 Å². The molecule has 5 nitrogen and oxygen atoms in total. The molecule has 1 N–H and O–H groups in total. The second kappa shape index (κ2) is 7.48. The quantitative estimate of drug-likeness (QED) is 0.840. The average Bonchev–Trinajstić information content (AvgIpc) is 2.54. The molecule has 1 atom stereocenters. The van der Waals surface area contributed by atoms with Crippen molar-refractivity contribution < 1.29 is 23.0 Å². The molecule has 2 aromatic rings. The van der Waals surface area contributed by atoms with Gasteiger partial charge in [-0.05, 0) is 35.4 Å². The Morgan fingerprint density at radius 1 is 0.913 bits per heavy atom. The molecule has 0 aliphatic rings. The SMILES string of the molecule is COc1ccc(CS(=O)(=O)CC(O)c2ccc(OC)cc2)cc1. The first-order chi connectivity index (χ1) is 10.9. The van der Waals surface area contributed by atoms with Gasteiger partial charge in [-0.2, -0.15) is 0 Å². The van der Waals surface area contributed by atoms with Crippen LogP contribution in [0.25, 0.3) is 0 Å². The number of aliphatic hydroxyl groups is 1. The molecule has 124 valence electrons. The number of methoxy groups -OCH3 is 2. The van der Waals surface area contributed by atoms with Crippen molar-refractivity contribution in [3.05, 3.63) is 59.7 Å². The first-order valence-corrected chi connectivity index (χ1v) is 8.91. The van der Waals surface area contributed by atoms with E-state index in [1.165, 1.54) is 0 Å². The van der Waals surface area contributed by atoms with Gasteiger partial charge in [-0.1, -0.05) is 24.3 Å².